The van der Waals surface area contributed by atoms with Crippen LogP contribution in [0.4, 0.5) is 4.39 Å². The molecule has 1 aliphatic heterocycles. The van der Waals surface area contributed by atoms with Crippen molar-refractivity contribution < 1.29 is 19.0 Å². The van der Waals surface area contributed by atoms with E-state index in [0.29, 0.717) is 54.7 Å². The van der Waals surface area contributed by atoms with Gasteiger partial charge < -0.3 is 9.84 Å². The van der Waals surface area contributed by atoms with E-state index in [2.05, 4.69) is 26.7 Å². The van der Waals surface area contributed by atoms with Crippen molar-refractivity contribution in [3.8, 4) is 17.6 Å². The van der Waals surface area contributed by atoms with Gasteiger partial charge in [0.05, 0.1) is 29.6 Å². The minimum absolute atomic E-state index is 0.0597. The zero-order chi connectivity index (χ0) is 24.8. The molecule has 4 rings (SSSR count). The van der Waals surface area contributed by atoms with Crippen LogP contribution in [-0.2, 0) is 4.79 Å². The van der Waals surface area contributed by atoms with E-state index < -0.39 is 17.6 Å². The molecule has 3 aromatic rings. The topological polar surface area (TPSA) is 75.6 Å². The second-order valence-electron chi connectivity index (χ2n) is 8.81. The Morgan fingerprint density at radius 2 is 2.03 bits per heavy atom. The number of methoxy groups -OCH3 is 1. The number of benzene rings is 1. The third-order valence-electron chi connectivity index (χ3n) is 6.74. The molecule has 6 nitrogen and oxygen atoms in total. The van der Waals surface area contributed by atoms with Crippen LogP contribution >= 0.6 is 11.6 Å². The number of pyridine rings is 2. The number of carbonyl (C=O) groups is 1. The first-order chi connectivity index (χ1) is 16.9. The quantitative estimate of drug-likeness (QED) is 0.448. The van der Waals surface area contributed by atoms with E-state index in [1.807, 2.05) is 12.1 Å². The number of aromatic nitrogens is 2. The van der Waals surface area contributed by atoms with Crippen LogP contribution in [-0.4, -0.2) is 52.7 Å². The van der Waals surface area contributed by atoms with Gasteiger partial charge >= 0.3 is 5.97 Å². The number of nitrogens with zero attached hydrogens (tertiary/aromatic N) is 3. The number of aliphatic carboxylic acids is 1. The summed E-state index contributed by atoms with van der Waals surface area (Å²) in [6.45, 7) is 1.76. The maximum Gasteiger partial charge on any atom is 0.309 e. The van der Waals surface area contributed by atoms with Gasteiger partial charge in [0.1, 0.15) is 11.9 Å². The molecule has 1 fully saturated rings. The lowest BCUT2D eigenvalue weighted by Crippen LogP contribution is -2.44. The van der Waals surface area contributed by atoms with Crippen LogP contribution in [0.25, 0.3) is 10.9 Å². The highest BCUT2D eigenvalue weighted by Crippen LogP contribution is 2.42. The van der Waals surface area contributed by atoms with Gasteiger partial charge in [-0.3, -0.25) is 19.7 Å². The monoisotopic (exact) mass is 495 g/mol. The maximum absolute atomic E-state index is 15.6. The van der Waals surface area contributed by atoms with E-state index in [1.165, 1.54) is 6.20 Å². The number of carboxylic acid groups (broad SMARTS) is 1. The molecule has 1 N–H and O–H groups in total. The minimum Gasteiger partial charge on any atom is -0.497 e. The summed E-state index contributed by atoms with van der Waals surface area (Å²) in [5.74, 6) is 5.94. The average Bonchev–Trinajstić information content (AvgIpc) is 2.88. The Labute approximate surface area is 209 Å². The predicted octanol–water partition coefficient (Wildman–Crippen LogP) is 5.30. The molecular formula is C27H27ClFN3O3. The summed E-state index contributed by atoms with van der Waals surface area (Å²) in [6.07, 6.45) is 4.60. The third kappa shape index (κ3) is 5.72. The summed E-state index contributed by atoms with van der Waals surface area (Å²) in [4.78, 5) is 22.7. The van der Waals surface area contributed by atoms with E-state index in [4.69, 9.17) is 16.3 Å². The standard InChI is InChI=1S/C27H27ClFN3O3/c1-35-20-4-5-24-21(17-20)25(22(28)18-31-24)23(29)6-9-27(26(33)34)10-15-32(16-11-27)14-2-3-19-7-12-30-13-8-19/h4-5,7-8,12-13,17-18,23H,6,9-11,14-16H2,1H3,(H,33,34)/t23-/m1/s1. The number of halogens is 2. The summed E-state index contributed by atoms with van der Waals surface area (Å²) >= 11 is 6.34. The Bertz CT molecular complexity index is 1250. The minimum atomic E-state index is -1.42. The molecule has 0 spiro atoms. The van der Waals surface area contributed by atoms with Crippen LogP contribution in [0.5, 0.6) is 5.75 Å². The molecule has 35 heavy (non-hydrogen) atoms. The molecule has 1 atom stereocenters. The zero-order valence-corrected chi connectivity index (χ0v) is 20.3. The SMILES string of the molecule is COc1ccc2ncc(Cl)c([C@H](F)CCC3(C(=O)O)CCN(CC#Cc4ccncc4)CC3)c2c1. The third-order valence-corrected chi connectivity index (χ3v) is 7.04. The molecular weight excluding hydrogens is 469 g/mol. The Hall–Kier alpha value is -3.21. The van der Waals surface area contributed by atoms with Gasteiger partial charge in [-0.1, -0.05) is 23.4 Å². The Kier molecular flexibility index (Phi) is 7.84. The van der Waals surface area contributed by atoms with Crippen LogP contribution < -0.4 is 4.74 Å². The second-order valence-corrected chi connectivity index (χ2v) is 9.22. The Morgan fingerprint density at radius 1 is 1.29 bits per heavy atom. The van der Waals surface area contributed by atoms with Crippen molar-refractivity contribution in [2.45, 2.75) is 31.9 Å². The number of alkyl halides is 1. The molecule has 1 saturated heterocycles. The molecule has 0 unspecified atom stereocenters. The lowest BCUT2D eigenvalue weighted by molar-refractivity contribution is -0.152. The van der Waals surface area contributed by atoms with Gasteiger partial charge in [0, 0.05) is 48.2 Å². The number of carboxylic acids is 1. The Morgan fingerprint density at radius 3 is 2.71 bits per heavy atom. The summed E-state index contributed by atoms with van der Waals surface area (Å²) in [6, 6.07) is 8.93. The number of hydrogen-bond donors (Lipinski definition) is 1. The highest BCUT2D eigenvalue weighted by molar-refractivity contribution is 6.32. The fraction of sp³-hybridized carbons (Fsp3) is 0.370. The normalized spacial score (nSPS) is 16.3. The highest BCUT2D eigenvalue weighted by Gasteiger charge is 2.41. The van der Waals surface area contributed by atoms with E-state index in [0.717, 1.165) is 5.56 Å². The van der Waals surface area contributed by atoms with Crippen LogP contribution in [0.1, 0.15) is 43.0 Å². The molecule has 0 radical (unpaired) electrons. The summed E-state index contributed by atoms with van der Waals surface area (Å²) in [7, 11) is 1.54. The van der Waals surface area contributed by atoms with Crippen molar-refractivity contribution in [1.82, 2.24) is 14.9 Å². The number of hydrogen-bond acceptors (Lipinski definition) is 5. The molecule has 3 heterocycles. The predicted molar refractivity (Wildman–Crippen MR) is 133 cm³/mol. The first kappa shape index (κ1) is 24.9. The maximum atomic E-state index is 15.6. The van der Waals surface area contributed by atoms with Crippen LogP contribution in [0, 0.1) is 17.3 Å². The van der Waals surface area contributed by atoms with E-state index in [1.54, 1.807) is 37.7 Å². The molecule has 0 saturated carbocycles. The molecule has 2 aromatic heterocycles. The Balaban J connectivity index is 1.42. The number of fused-ring (bicyclic) bond motifs is 1. The second kappa shape index (κ2) is 11.0. The molecule has 0 aliphatic carbocycles. The summed E-state index contributed by atoms with van der Waals surface area (Å²) in [5, 5.41) is 10.9. The molecule has 0 amide bonds. The number of ether oxygens (including phenoxy) is 1. The van der Waals surface area contributed by atoms with Crippen molar-refractivity contribution in [1.29, 1.82) is 0 Å². The van der Waals surface area contributed by atoms with E-state index >= 15 is 4.39 Å². The molecule has 1 aromatic carbocycles. The largest absolute Gasteiger partial charge is 0.497 e. The average molecular weight is 496 g/mol. The van der Waals surface area contributed by atoms with Crippen molar-refractivity contribution in [2.24, 2.45) is 5.41 Å². The first-order valence-corrected chi connectivity index (χ1v) is 11.9. The fourth-order valence-corrected chi connectivity index (χ4v) is 4.83. The summed E-state index contributed by atoms with van der Waals surface area (Å²) < 4.78 is 20.8. The van der Waals surface area contributed by atoms with Crippen LogP contribution in [0.15, 0.2) is 48.9 Å². The van der Waals surface area contributed by atoms with Crippen molar-refractivity contribution in [2.75, 3.05) is 26.7 Å². The van der Waals surface area contributed by atoms with Gasteiger partial charge in [-0.05, 0) is 56.0 Å². The van der Waals surface area contributed by atoms with Gasteiger partial charge in [-0.2, -0.15) is 0 Å². The van der Waals surface area contributed by atoms with Gasteiger partial charge in [0.15, 0.2) is 0 Å². The smallest absolute Gasteiger partial charge is 0.309 e. The lowest BCUT2D eigenvalue weighted by Gasteiger charge is -2.38. The molecule has 8 heteroatoms. The fourth-order valence-electron chi connectivity index (χ4n) is 4.56. The molecule has 182 valence electrons. The summed E-state index contributed by atoms with van der Waals surface area (Å²) in [5.41, 5.74) is 0.875. The van der Waals surface area contributed by atoms with Crippen molar-refractivity contribution in [3.63, 3.8) is 0 Å². The van der Waals surface area contributed by atoms with Crippen molar-refractivity contribution >= 4 is 28.5 Å². The zero-order valence-electron chi connectivity index (χ0n) is 19.5. The van der Waals surface area contributed by atoms with Crippen LogP contribution in [0.3, 0.4) is 0 Å². The van der Waals surface area contributed by atoms with E-state index in [-0.39, 0.29) is 17.9 Å². The van der Waals surface area contributed by atoms with Gasteiger partial charge in [0.25, 0.3) is 0 Å². The first-order valence-electron chi connectivity index (χ1n) is 11.5. The molecule has 0 bridgehead atoms. The molecule has 1 aliphatic rings. The number of piperidine rings is 1. The highest BCUT2D eigenvalue weighted by atomic mass is 35.5. The number of rotatable bonds is 7. The van der Waals surface area contributed by atoms with Crippen LogP contribution in [0.2, 0.25) is 5.02 Å². The lowest BCUT2D eigenvalue weighted by atomic mass is 9.74. The number of likely N-dealkylation sites (tertiary alicyclic amines) is 1. The van der Waals surface area contributed by atoms with E-state index in [9.17, 15) is 9.90 Å². The van der Waals surface area contributed by atoms with Crippen molar-refractivity contribution in [3.05, 3.63) is 65.1 Å². The van der Waals surface area contributed by atoms with Gasteiger partial charge in [-0.15, -0.1) is 0 Å². The van der Waals surface area contributed by atoms with Gasteiger partial charge in [-0.25, -0.2) is 4.39 Å². The van der Waals surface area contributed by atoms with Gasteiger partial charge in [0.2, 0.25) is 0 Å².